The highest BCUT2D eigenvalue weighted by Gasteiger charge is 2.37. The van der Waals surface area contributed by atoms with Crippen LogP contribution < -0.4 is 5.32 Å². The van der Waals surface area contributed by atoms with Crippen LogP contribution in [0.15, 0.2) is 24.3 Å². The summed E-state index contributed by atoms with van der Waals surface area (Å²) in [5.41, 5.74) is -0.778. The topological polar surface area (TPSA) is 46.2 Å². The summed E-state index contributed by atoms with van der Waals surface area (Å²) >= 11 is 0. The number of alkyl halides is 3. The van der Waals surface area contributed by atoms with Gasteiger partial charge in [-0.25, -0.2) is 8.42 Å². The maximum absolute atomic E-state index is 13.0. The molecule has 2 atom stereocenters. The quantitative estimate of drug-likeness (QED) is 0.866. The first-order valence-electron chi connectivity index (χ1n) is 6.29. The van der Waals surface area contributed by atoms with Crippen molar-refractivity contribution < 1.29 is 21.6 Å². The molecule has 3 nitrogen and oxygen atoms in total. The molecule has 7 heteroatoms. The second-order valence-corrected chi connectivity index (χ2v) is 7.38. The van der Waals surface area contributed by atoms with E-state index in [9.17, 15) is 21.6 Å². The molecule has 0 saturated carbocycles. The van der Waals surface area contributed by atoms with E-state index in [1.54, 1.807) is 6.92 Å². The van der Waals surface area contributed by atoms with Crippen LogP contribution in [-0.4, -0.2) is 26.5 Å². The second kappa shape index (κ2) is 5.37. The zero-order chi connectivity index (χ0) is 15.0. The number of benzene rings is 1. The van der Waals surface area contributed by atoms with Crippen LogP contribution in [-0.2, 0) is 16.0 Å². The Morgan fingerprint density at radius 3 is 2.50 bits per heavy atom. The standard InChI is InChI=1S/C13H16F3NO2S/c1-9-6-17-12(8-20(18,19)7-9)10-4-2-3-5-11(10)13(14,15)16/h2-5,9,12,17H,6-8H2,1H3. The molecule has 0 spiro atoms. The number of sulfone groups is 1. The smallest absolute Gasteiger partial charge is 0.309 e. The van der Waals surface area contributed by atoms with Gasteiger partial charge in [0.15, 0.2) is 9.84 Å². The highest BCUT2D eigenvalue weighted by atomic mass is 32.2. The van der Waals surface area contributed by atoms with E-state index in [0.29, 0.717) is 6.54 Å². The molecule has 1 aromatic rings. The van der Waals surface area contributed by atoms with Crippen LogP contribution in [0.2, 0.25) is 0 Å². The van der Waals surface area contributed by atoms with E-state index in [4.69, 9.17) is 0 Å². The van der Waals surface area contributed by atoms with Crippen LogP contribution in [0.1, 0.15) is 24.1 Å². The molecular weight excluding hydrogens is 291 g/mol. The summed E-state index contributed by atoms with van der Waals surface area (Å²) in [7, 11) is -3.36. The summed E-state index contributed by atoms with van der Waals surface area (Å²) in [6, 6.07) is 4.31. The van der Waals surface area contributed by atoms with Gasteiger partial charge in [0, 0.05) is 6.04 Å². The minimum Gasteiger partial charge on any atom is -0.309 e. The summed E-state index contributed by atoms with van der Waals surface area (Å²) in [4.78, 5) is 0. The van der Waals surface area contributed by atoms with E-state index >= 15 is 0 Å². The number of halogens is 3. The molecule has 1 fully saturated rings. The van der Waals surface area contributed by atoms with Gasteiger partial charge in [0.25, 0.3) is 0 Å². The fourth-order valence-corrected chi connectivity index (χ4v) is 4.40. The molecule has 1 aliphatic heterocycles. The largest absolute Gasteiger partial charge is 0.416 e. The molecule has 0 amide bonds. The molecule has 112 valence electrons. The average Bonchev–Trinajstić information content (AvgIpc) is 2.45. The van der Waals surface area contributed by atoms with Crippen LogP contribution in [0.25, 0.3) is 0 Å². The third-order valence-corrected chi connectivity index (χ3v) is 5.23. The molecular formula is C13H16F3NO2S. The van der Waals surface area contributed by atoms with Gasteiger partial charge in [0.1, 0.15) is 0 Å². The molecule has 0 aromatic heterocycles. The van der Waals surface area contributed by atoms with Gasteiger partial charge in [-0.2, -0.15) is 13.2 Å². The molecule has 0 bridgehead atoms. The summed E-state index contributed by atoms with van der Waals surface area (Å²) in [5, 5.41) is 2.94. The van der Waals surface area contributed by atoms with Crippen molar-refractivity contribution in [2.45, 2.75) is 19.1 Å². The van der Waals surface area contributed by atoms with Gasteiger partial charge in [0.05, 0.1) is 17.1 Å². The molecule has 2 rings (SSSR count). The van der Waals surface area contributed by atoms with Crippen LogP contribution in [0, 0.1) is 5.92 Å². The zero-order valence-corrected chi connectivity index (χ0v) is 11.8. The minimum absolute atomic E-state index is 0.00215. The molecule has 1 aromatic carbocycles. The Balaban J connectivity index is 2.41. The lowest BCUT2D eigenvalue weighted by atomic mass is 10.0. The lowest BCUT2D eigenvalue weighted by molar-refractivity contribution is -0.138. The average molecular weight is 307 g/mol. The molecule has 0 aliphatic carbocycles. The SMILES string of the molecule is CC1CNC(c2ccccc2C(F)(F)F)CS(=O)(=O)C1. The highest BCUT2D eigenvalue weighted by molar-refractivity contribution is 7.91. The van der Waals surface area contributed by atoms with Crippen molar-refractivity contribution in [1.82, 2.24) is 5.32 Å². The number of hydrogen-bond acceptors (Lipinski definition) is 3. The zero-order valence-electron chi connectivity index (χ0n) is 10.9. The first-order chi connectivity index (χ1) is 9.19. The first kappa shape index (κ1) is 15.3. The Morgan fingerprint density at radius 1 is 1.20 bits per heavy atom. The van der Waals surface area contributed by atoms with Gasteiger partial charge in [-0.05, 0) is 24.1 Å². The molecule has 2 unspecified atom stereocenters. The van der Waals surface area contributed by atoms with Crippen molar-refractivity contribution in [1.29, 1.82) is 0 Å². The lowest BCUT2D eigenvalue weighted by Crippen LogP contribution is -2.28. The Hall–Kier alpha value is -1.08. The minimum atomic E-state index is -4.49. The molecule has 1 saturated heterocycles. The summed E-state index contributed by atoms with van der Waals surface area (Å²) in [6.45, 7) is 2.15. The molecule has 1 N–H and O–H groups in total. The fourth-order valence-electron chi connectivity index (χ4n) is 2.48. The summed E-state index contributed by atoms with van der Waals surface area (Å²) in [6.07, 6.45) is -4.49. The number of nitrogens with one attached hydrogen (secondary N) is 1. The van der Waals surface area contributed by atoms with Crippen LogP contribution in [0.3, 0.4) is 0 Å². The van der Waals surface area contributed by atoms with E-state index in [0.717, 1.165) is 6.07 Å². The molecule has 1 aliphatic rings. The van der Waals surface area contributed by atoms with Crippen LogP contribution in [0.4, 0.5) is 13.2 Å². The van der Waals surface area contributed by atoms with Crippen molar-refractivity contribution in [3.05, 3.63) is 35.4 Å². The van der Waals surface area contributed by atoms with Gasteiger partial charge >= 0.3 is 6.18 Å². The third-order valence-electron chi connectivity index (χ3n) is 3.31. The monoisotopic (exact) mass is 307 g/mol. The maximum atomic E-state index is 13.0. The van der Waals surface area contributed by atoms with E-state index in [-0.39, 0.29) is 23.0 Å². The van der Waals surface area contributed by atoms with Crippen LogP contribution in [0.5, 0.6) is 0 Å². The predicted octanol–water partition coefficient (Wildman–Crippen LogP) is 2.40. The number of hydrogen-bond donors (Lipinski definition) is 1. The Labute approximate surface area is 116 Å². The number of rotatable bonds is 1. The van der Waals surface area contributed by atoms with Gasteiger partial charge < -0.3 is 5.32 Å². The van der Waals surface area contributed by atoms with Crippen molar-refractivity contribution in [3.63, 3.8) is 0 Å². The Kier molecular flexibility index (Phi) is 4.11. The van der Waals surface area contributed by atoms with Gasteiger partial charge in [0.2, 0.25) is 0 Å². The molecule has 20 heavy (non-hydrogen) atoms. The van der Waals surface area contributed by atoms with E-state index in [1.807, 2.05) is 0 Å². The Bertz CT molecular complexity index is 584. The second-order valence-electron chi connectivity index (χ2n) is 5.23. The van der Waals surface area contributed by atoms with Gasteiger partial charge in [-0.15, -0.1) is 0 Å². The molecule has 0 radical (unpaired) electrons. The van der Waals surface area contributed by atoms with Crippen molar-refractivity contribution in [2.24, 2.45) is 5.92 Å². The Morgan fingerprint density at radius 2 is 1.85 bits per heavy atom. The van der Waals surface area contributed by atoms with E-state index in [2.05, 4.69) is 5.32 Å². The summed E-state index contributed by atoms with van der Waals surface area (Å²) in [5.74, 6) is -0.405. The third kappa shape index (κ3) is 3.52. The van der Waals surface area contributed by atoms with Crippen molar-refractivity contribution in [2.75, 3.05) is 18.1 Å². The van der Waals surface area contributed by atoms with Crippen molar-refractivity contribution in [3.8, 4) is 0 Å². The van der Waals surface area contributed by atoms with Crippen LogP contribution >= 0.6 is 0 Å². The lowest BCUT2D eigenvalue weighted by Gasteiger charge is -2.21. The normalized spacial score (nSPS) is 27.0. The van der Waals surface area contributed by atoms with E-state index < -0.39 is 27.6 Å². The van der Waals surface area contributed by atoms with Gasteiger partial charge in [-0.1, -0.05) is 25.1 Å². The highest BCUT2D eigenvalue weighted by Crippen LogP contribution is 2.35. The van der Waals surface area contributed by atoms with E-state index in [1.165, 1.54) is 18.2 Å². The maximum Gasteiger partial charge on any atom is 0.416 e. The van der Waals surface area contributed by atoms with Gasteiger partial charge in [-0.3, -0.25) is 0 Å². The molecule has 1 heterocycles. The predicted molar refractivity (Wildman–Crippen MR) is 70.0 cm³/mol. The summed E-state index contributed by atoms with van der Waals surface area (Å²) < 4.78 is 62.8. The first-order valence-corrected chi connectivity index (χ1v) is 8.11. The van der Waals surface area contributed by atoms with Crippen molar-refractivity contribution >= 4 is 9.84 Å². The fraction of sp³-hybridized carbons (Fsp3) is 0.538.